The Morgan fingerprint density at radius 3 is 3.11 bits per heavy atom. The van der Waals surface area contributed by atoms with Crippen molar-refractivity contribution >= 4 is 12.2 Å². The highest BCUT2D eigenvalue weighted by atomic mass is 16.1. The molecule has 0 saturated carbocycles. The maximum Gasteiger partial charge on any atom is 0.212 e. The van der Waals surface area contributed by atoms with Crippen LogP contribution in [0.1, 0.15) is 0 Å². The summed E-state index contributed by atoms with van der Waals surface area (Å²) in [6.07, 6.45) is 2.10. The highest BCUT2D eigenvalue weighted by Crippen LogP contribution is 1.93. The number of carbonyl (C=O) groups excluding carboxylic acids is 1. The van der Waals surface area contributed by atoms with E-state index in [9.17, 15) is 4.79 Å². The summed E-state index contributed by atoms with van der Waals surface area (Å²) in [4.78, 5) is 9.80. The molecule has 0 unspecified atom stereocenters. The minimum atomic E-state index is 0.465. The quantitative estimate of drug-likeness (QED) is 0.565. The largest absolute Gasteiger partial charge is 0.312 e. The summed E-state index contributed by atoms with van der Waals surface area (Å²) in [6.45, 7) is 0. The number of aromatic nitrogens is 2. The molecular weight excluding hydrogens is 118 g/mol. The lowest BCUT2D eigenvalue weighted by atomic mass is 10.5. The van der Waals surface area contributed by atoms with E-state index in [1.165, 1.54) is 6.20 Å². The molecule has 1 heterocycles. The summed E-state index contributed by atoms with van der Waals surface area (Å²) in [6, 6.07) is 3.35. The Balaban J connectivity index is 2.72. The number of rotatable bonds is 2. The Morgan fingerprint density at radius 2 is 2.56 bits per heavy atom. The van der Waals surface area contributed by atoms with Gasteiger partial charge in [-0.05, 0) is 12.1 Å². The van der Waals surface area contributed by atoms with Gasteiger partial charge in [0.15, 0.2) is 5.82 Å². The Morgan fingerprint density at radius 1 is 1.67 bits per heavy atom. The van der Waals surface area contributed by atoms with Crippen LogP contribution < -0.4 is 5.32 Å². The van der Waals surface area contributed by atoms with Crippen LogP contribution in [0.25, 0.3) is 0 Å². The molecule has 1 rings (SSSR count). The molecule has 4 nitrogen and oxygen atoms in total. The second-order valence-electron chi connectivity index (χ2n) is 1.37. The van der Waals surface area contributed by atoms with E-state index in [0.717, 1.165) is 0 Å². The van der Waals surface area contributed by atoms with Crippen molar-refractivity contribution < 1.29 is 4.79 Å². The fourth-order valence-electron chi connectivity index (χ4n) is 0.439. The molecule has 1 N–H and O–H groups in total. The molecule has 0 spiro atoms. The van der Waals surface area contributed by atoms with E-state index < -0.39 is 0 Å². The van der Waals surface area contributed by atoms with Crippen LogP contribution in [0.3, 0.4) is 0 Å². The van der Waals surface area contributed by atoms with Crippen LogP contribution in [0.15, 0.2) is 18.3 Å². The molecule has 0 aromatic carbocycles. The number of anilines is 1. The Hall–Kier alpha value is -1.45. The third-order valence-corrected chi connectivity index (χ3v) is 0.779. The monoisotopic (exact) mass is 123 g/mol. The first-order valence-electron chi connectivity index (χ1n) is 2.41. The molecule has 46 valence electrons. The molecule has 1 aromatic heterocycles. The lowest BCUT2D eigenvalue weighted by Gasteiger charge is -1.90. The van der Waals surface area contributed by atoms with Gasteiger partial charge in [-0.3, -0.25) is 4.79 Å². The molecule has 0 bridgehead atoms. The van der Waals surface area contributed by atoms with Crippen LogP contribution >= 0.6 is 0 Å². The van der Waals surface area contributed by atoms with Gasteiger partial charge in [-0.15, -0.1) is 5.10 Å². The predicted octanol–water partition coefficient (Wildman–Crippen LogP) is 0.0449. The average molecular weight is 123 g/mol. The van der Waals surface area contributed by atoms with E-state index in [0.29, 0.717) is 12.2 Å². The van der Waals surface area contributed by atoms with Crippen molar-refractivity contribution in [3.05, 3.63) is 18.3 Å². The predicted molar refractivity (Wildman–Crippen MR) is 31.7 cm³/mol. The highest BCUT2D eigenvalue weighted by molar-refractivity contribution is 5.68. The van der Waals surface area contributed by atoms with Crippen molar-refractivity contribution in [1.29, 1.82) is 0 Å². The molecule has 1 amide bonds. The molecule has 4 heteroatoms. The van der Waals surface area contributed by atoms with Crippen molar-refractivity contribution in [2.75, 3.05) is 5.32 Å². The molecule has 0 aliphatic heterocycles. The zero-order valence-electron chi connectivity index (χ0n) is 4.61. The Bertz CT molecular complexity index is 187. The van der Waals surface area contributed by atoms with Crippen molar-refractivity contribution in [2.24, 2.45) is 0 Å². The van der Waals surface area contributed by atoms with Gasteiger partial charge in [-0.25, -0.2) is 0 Å². The molecular formula is C5H5N3O. The van der Waals surface area contributed by atoms with Crippen LogP contribution in [0.2, 0.25) is 0 Å². The summed E-state index contributed by atoms with van der Waals surface area (Å²) in [7, 11) is 0. The molecule has 0 fully saturated rings. The zero-order valence-corrected chi connectivity index (χ0v) is 4.61. The van der Waals surface area contributed by atoms with Gasteiger partial charge in [0.1, 0.15) is 0 Å². The number of hydrogen-bond acceptors (Lipinski definition) is 3. The van der Waals surface area contributed by atoms with E-state index in [1.807, 2.05) is 0 Å². The maximum absolute atomic E-state index is 9.80. The topological polar surface area (TPSA) is 54.9 Å². The molecule has 0 saturated heterocycles. The molecule has 1 aromatic rings. The number of nitrogens with one attached hydrogen (secondary N) is 1. The zero-order chi connectivity index (χ0) is 6.53. The minimum Gasteiger partial charge on any atom is -0.312 e. The van der Waals surface area contributed by atoms with Crippen LogP contribution in [0.4, 0.5) is 5.82 Å². The van der Waals surface area contributed by atoms with Crippen LogP contribution in [-0.4, -0.2) is 16.6 Å². The number of nitrogens with zero attached hydrogens (tertiary/aromatic N) is 2. The van der Waals surface area contributed by atoms with Crippen molar-refractivity contribution in [3.8, 4) is 0 Å². The molecule has 0 aliphatic rings. The first-order chi connectivity index (χ1) is 4.43. The van der Waals surface area contributed by atoms with Crippen molar-refractivity contribution in [1.82, 2.24) is 10.2 Å². The van der Waals surface area contributed by atoms with Gasteiger partial charge in [-0.1, -0.05) is 0 Å². The van der Waals surface area contributed by atoms with E-state index >= 15 is 0 Å². The second-order valence-corrected chi connectivity index (χ2v) is 1.37. The Kier molecular flexibility index (Phi) is 1.74. The van der Waals surface area contributed by atoms with Crippen LogP contribution in [0, 0.1) is 0 Å². The van der Waals surface area contributed by atoms with Crippen LogP contribution in [0.5, 0.6) is 0 Å². The lowest BCUT2D eigenvalue weighted by Crippen LogP contribution is -1.96. The normalized spacial score (nSPS) is 8.44. The SMILES string of the molecule is O=CNc1cccnn1. The van der Waals surface area contributed by atoms with Crippen LogP contribution in [-0.2, 0) is 4.79 Å². The molecule has 0 atom stereocenters. The molecule has 0 aliphatic carbocycles. The standard InChI is InChI=1S/C5H5N3O/c9-4-6-5-2-1-3-7-8-5/h1-4H,(H,6,8,9). The van der Waals surface area contributed by atoms with E-state index in [1.54, 1.807) is 12.1 Å². The number of hydrogen-bond donors (Lipinski definition) is 1. The minimum absolute atomic E-state index is 0.465. The first-order valence-corrected chi connectivity index (χ1v) is 2.41. The van der Waals surface area contributed by atoms with E-state index in [2.05, 4.69) is 15.5 Å². The van der Waals surface area contributed by atoms with Gasteiger partial charge in [0.25, 0.3) is 0 Å². The van der Waals surface area contributed by atoms with Crippen molar-refractivity contribution in [3.63, 3.8) is 0 Å². The van der Waals surface area contributed by atoms with Gasteiger partial charge < -0.3 is 5.32 Å². The average Bonchev–Trinajstić information content (AvgIpc) is 1.91. The second kappa shape index (κ2) is 2.76. The third kappa shape index (κ3) is 1.49. The molecule has 0 radical (unpaired) electrons. The number of carbonyl (C=O) groups is 1. The fourth-order valence-corrected chi connectivity index (χ4v) is 0.439. The lowest BCUT2D eigenvalue weighted by molar-refractivity contribution is -0.105. The van der Waals surface area contributed by atoms with Gasteiger partial charge in [0.05, 0.1) is 0 Å². The first kappa shape index (κ1) is 5.68. The summed E-state index contributed by atoms with van der Waals surface area (Å²) in [5, 5.41) is 9.46. The summed E-state index contributed by atoms with van der Waals surface area (Å²) in [5.41, 5.74) is 0. The maximum atomic E-state index is 9.80. The fraction of sp³-hybridized carbons (Fsp3) is 0. The van der Waals surface area contributed by atoms with Gasteiger partial charge >= 0.3 is 0 Å². The van der Waals surface area contributed by atoms with Crippen molar-refractivity contribution in [2.45, 2.75) is 0 Å². The number of amides is 1. The Labute approximate surface area is 51.9 Å². The van der Waals surface area contributed by atoms with E-state index in [4.69, 9.17) is 0 Å². The molecule has 9 heavy (non-hydrogen) atoms. The summed E-state index contributed by atoms with van der Waals surface area (Å²) < 4.78 is 0. The van der Waals surface area contributed by atoms with Gasteiger partial charge in [0.2, 0.25) is 6.41 Å². The summed E-state index contributed by atoms with van der Waals surface area (Å²) >= 11 is 0. The van der Waals surface area contributed by atoms with Gasteiger partial charge in [0, 0.05) is 6.20 Å². The van der Waals surface area contributed by atoms with Gasteiger partial charge in [-0.2, -0.15) is 5.10 Å². The smallest absolute Gasteiger partial charge is 0.212 e. The van der Waals surface area contributed by atoms with E-state index in [-0.39, 0.29) is 0 Å². The third-order valence-electron chi connectivity index (χ3n) is 0.779. The summed E-state index contributed by atoms with van der Waals surface area (Å²) in [5.74, 6) is 0.465. The highest BCUT2D eigenvalue weighted by Gasteiger charge is 1.84.